The molecule has 0 aliphatic heterocycles. The van der Waals surface area contributed by atoms with E-state index in [1.165, 1.54) is 12.1 Å². The van der Waals surface area contributed by atoms with Crippen molar-refractivity contribution < 1.29 is 18.7 Å². The number of pyridine rings is 1. The van der Waals surface area contributed by atoms with Gasteiger partial charge in [0.2, 0.25) is 0 Å². The van der Waals surface area contributed by atoms with Gasteiger partial charge in [-0.2, -0.15) is 0 Å². The zero-order chi connectivity index (χ0) is 23.4. The average molecular weight is 465 g/mol. The normalized spacial score (nSPS) is 10.8. The summed E-state index contributed by atoms with van der Waals surface area (Å²) in [6, 6.07) is 20.7. The van der Waals surface area contributed by atoms with Crippen LogP contribution in [0.25, 0.3) is 17.1 Å². The second kappa shape index (κ2) is 9.88. The van der Waals surface area contributed by atoms with Crippen molar-refractivity contribution in [2.45, 2.75) is 20.5 Å². The number of esters is 1. The third-order valence-corrected chi connectivity index (χ3v) is 5.28. The van der Waals surface area contributed by atoms with Gasteiger partial charge in [-0.15, -0.1) is 0 Å². The van der Waals surface area contributed by atoms with E-state index in [1.54, 1.807) is 43.3 Å². The fraction of sp³-hybridized carbons (Fsp3) is 0.154. The van der Waals surface area contributed by atoms with Crippen molar-refractivity contribution in [2.24, 2.45) is 0 Å². The molecule has 5 nitrogen and oxygen atoms in total. The maximum atomic E-state index is 13.2. The summed E-state index contributed by atoms with van der Waals surface area (Å²) < 4.78 is 26.3. The fourth-order valence-corrected chi connectivity index (χ4v) is 3.66. The van der Waals surface area contributed by atoms with Crippen molar-refractivity contribution in [1.29, 1.82) is 0 Å². The van der Waals surface area contributed by atoms with Crippen LogP contribution in [0, 0.1) is 12.7 Å². The van der Waals surface area contributed by atoms with Crippen LogP contribution in [-0.4, -0.2) is 22.1 Å². The molecule has 0 spiro atoms. The summed E-state index contributed by atoms with van der Waals surface area (Å²) >= 11 is 6.32. The number of carbonyl (C=O) groups excluding carboxylic acids is 1. The van der Waals surface area contributed by atoms with E-state index in [9.17, 15) is 9.18 Å². The van der Waals surface area contributed by atoms with Crippen molar-refractivity contribution in [3.8, 4) is 22.8 Å². The number of aromatic nitrogens is 2. The molecule has 7 heteroatoms. The van der Waals surface area contributed by atoms with Crippen LogP contribution in [0.3, 0.4) is 0 Å². The Balaban J connectivity index is 1.72. The van der Waals surface area contributed by atoms with E-state index in [0.29, 0.717) is 16.6 Å². The number of benzene rings is 2. The van der Waals surface area contributed by atoms with Gasteiger partial charge in [0, 0.05) is 16.3 Å². The Morgan fingerprint density at radius 2 is 1.85 bits per heavy atom. The highest BCUT2D eigenvalue weighted by molar-refractivity contribution is 6.31. The van der Waals surface area contributed by atoms with Gasteiger partial charge >= 0.3 is 5.97 Å². The first-order chi connectivity index (χ1) is 16.0. The van der Waals surface area contributed by atoms with Gasteiger partial charge < -0.3 is 9.47 Å². The summed E-state index contributed by atoms with van der Waals surface area (Å²) in [5.74, 6) is 0.417. The first-order valence-electron chi connectivity index (χ1n) is 10.5. The topological polar surface area (TPSA) is 53.4 Å². The smallest absolute Gasteiger partial charge is 0.356 e. The molecule has 0 atom stereocenters. The molecule has 4 rings (SSSR count). The molecule has 4 aromatic rings. The molecule has 0 bridgehead atoms. The minimum Gasteiger partial charge on any atom is -0.488 e. The van der Waals surface area contributed by atoms with Crippen molar-refractivity contribution in [3.05, 3.63) is 101 Å². The van der Waals surface area contributed by atoms with E-state index in [0.717, 1.165) is 22.5 Å². The number of carbonyl (C=O) groups is 1. The summed E-state index contributed by atoms with van der Waals surface area (Å²) in [6.07, 6.45) is 0. The molecule has 0 N–H and O–H groups in total. The lowest BCUT2D eigenvalue weighted by atomic mass is 10.1. The highest BCUT2D eigenvalue weighted by atomic mass is 35.5. The Labute approximate surface area is 196 Å². The largest absolute Gasteiger partial charge is 0.488 e. The van der Waals surface area contributed by atoms with Crippen molar-refractivity contribution in [3.63, 3.8) is 0 Å². The van der Waals surface area contributed by atoms with E-state index < -0.39 is 5.97 Å². The van der Waals surface area contributed by atoms with E-state index in [-0.39, 0.29) is 24.7 Å². The van der Waals surface area contributed by atoms with Crippen LogP contribution in [0.1, 0.15) is 28.7 Å². The molecular weight excluding hydrogens is 443 g/mol. The predicted molar refractivity (Wildman–Crippen MR) is 125 cm³/mol. The monoisotopic (exact) mass is 464 g/mol. The zero-order valence-corrected chi connectivity index (χ0v) is 19.0. The molecule has 0 fully saturated rings. The van der Waals surface area contributed by atoms with Crippen LogP contribution in [0.2, 0.25) is 5.02 Å². The lowest BCUT2D eigenvalue weighted by molar-refractivity contribution is 0.0519. The predicted octanol–water partition coefficient (Wildman–Crippen LogP) is 6.40. The van der Waals surface area contributed by atoms with Gasteiger partial charge in [0.05, 0.1) is 12.3 Å². The molecule has 0 saturated carbocycles. The van der Waals surface area contributed by atoms with Gasteiger partial charge in [0.15, 0.2) is 5.69 Å². The zero-order valence-electron chi connectivity index (χ0n) is 18.2. The molecule has 33 heavy (non-hydrogen) atoms. The quantitative estimate of drug-likeness (QED) is 0.297. The Bertz CT molecular complexity index is 1290. The van der Waals surface area contributed by atoms with Crippen molar-refractivity contribution in [1.82, 2.24) is 9.55 Å². The summed E-state index contributed by atoms with van der Waals surface area (Å²) in [5, 5.41) is 0.553. The Morgan fingerprint density at radius 3 is 2.61 bits per heavy atom. The van der Waals surface area contributed by atoms with E-state index >= 15 is 0 Å². The summed E-state index contributed by atoms with van der Waals surface area (Å²) in [7, 11) is 0. The molecule has 2 heterocycles. The van der Waals surface area contributed by atoms with Gasteiger partial charge in [-0.05, 0) is 74.0 Å². The SMILES string of the molecule is CCOC(=O)c1cccc(-n2c(C)ccc2-c2cc(Cl)ccc2OCc2ccc(F)cc2)n1. The lowest BCUT2D eigenvalue weighted by Crippen LogP contribution is -2.10. The van der Waals surface area contributed by atoms with E-state index in [4.69, 9.17) is 21.1 Å². The standard InChI is InChI=1S/C26H22ClFN2O3/c1-3-32-26(31)22-5-4-6-25(29-22)30-17(2)7-13-23(30)21-15-19(27)10-14-24(21)33-16-18-8-11-20(28)12-9-18/h4-15H,3,16H2,1-2H3. The fourth-order valence-electron chi connectivity index (χ4n) is 3.49. The van der Waals surface area contributed by atoms with Crippen LogP contribution < -0.4 is 4.74 Å². The number of nitrogens with zero attached hydrogens (tertiary/aromatic N) is 2. The van der Waals surface area contributed by atoms with Crippen LogP contribution in [0.4, 0.5) is 4.39 Å². The number of halogens is 2. The molecule has 0 amide bonds. The number of aryl methyl sites for hydroxylation is 1. The van der Waals surface area contributed by atoms with Crippen LogP contribution in [0.15, 0.2) is 72.8 Å². The number of hydrogen-bond donors (Lipinski definition) is 0. The first-order valence-corrected chi connectivity index (χ1v) is 10.8. The van der Waals surface area contributed by atoms with Gasteiger partial charge in [0.1, 0.15) is 24.0 Å². The maximum absolute atomic E-state index is 13.2. The molecule has 2 aromatic carbocycles. The van der Waals surface area contributed by atoms with Crippen LogP contribution >= 0.6 is 11.6 Å². The Morgan fingerprint density at radius 1 is 1.06 bits per heavy atom. The molecular formula is C26H22ClFN2O3. The number of rotatable bonds is 7. The molecule has 0 unspecified atom stereocenters. The second-order valence-corrected chi connectivity index (χ2v) is 7.79. The molecule has 0 aliphatic carbocycles. The first kappa shape index (κ1) is 22.6. The number of hydrogen-bond acceptors (Lipinski definition) is 4. The maximum Gasteiger partial charge on any atom is 0.356 e. The number of ether oxygens (including phenoxy) is 2. The molecule has 0 saturated heterocycles. The Kier molecular flexibility index (Phi) is 6.75. The van der Waals surface area contributed by atoms with E-state index in [2.05, 4.69) is 4.98 Å². The summed E-state index contributed by atoms with van der Waals surface area (Å²) in [6.45, 7) is 4.25. The highest BCUT2D eigenvalue weighted by Crippen LogP contribution is 2.35. The molecule has 168 valence electrons. The van der Waals surface area contributed by atoms with Gasteiger partial charge in [-0.1, -0.05) is 29.8 Å². The van der Waals surface area contributed by atoms with Crippen LogP contribution in [0.5, 0.6) is 5.75 Å². The van der Waals surface area contributed by atoms with Gasteiger partial charge in [-0.3, -0.25) is 4.57 Å². The third kappa shape index (κ3) is 5.07. The second-order valence-electron chi connectivity index (χ2n) is 7.35. The molecule has 0 aliphatic rings. The minimum atomic E-state index is -0.475. The van der Waals surface area contributed by atoms with Gasteiger partial charge in [-0.25, -0.2) is 14.2 Å². The highest BCUT2D eigenvalue weighted by Gasteiger charge is 2.17. The van der Waals surface area contributed by atoms with Crippen LogP contribution in [-0.2, 0) is 11.3 Å². The van der Waals surface area contributed by atoms with E-state index in [1.807, 2.05) is 35.8 Å². The molecule has 2 aromatic heterocycles. The van der Waals surface area contributed by atoms with Gasteiger partial charge in [0.25, 0.3) is 0 Å². The molecule has 0 radical (unpaired) electrons. The third-order valence-electron chi connectivity index (χ3n) is 5.05. The summed E-state index contributed by atoms with van der Waals surface area (Å²) in [4.78, 5) is 16.7. The lowest BCUT2D eigenvalue weighted by Gasteiger charge is -2.16. The minimum absolute atomic E-state index is 0.229. The Hall–Kier alpha value is -3.64. The van der Waals surface area contributed by atoms with Crippen molar-refractivity contribution >= 4 is 17.6 Å². The summed E-state index contributed by atoms with van der Waals surface area (Å²) in [5.41, 5.74) is 3.56. The average Bonchev–Trinajstić information content (AvgIpc) is 3.20. The van der Waals surface area contributed by atoms with Crippen molar-refractivity contribution in [2.75, 3.05) is 6.61 Å².